The second kappa shape index (κ2) is 6.05. The van der Waals surface area contributed by atoms with Crippen LogP contribution in [0.5, 0.6) is 0 Å². The molecule has 0 bridgehead atoms. The van der Waals surface area contributed by atoms with Crippen LogP contribution < -0.4 is 5.32 Å². The van der Waals surface area contributed by atoms with Gasteiger partial charge in [-0.1, -0.05) is 12.1 Å². The fourth-order valence-electron chi connectivity index (χ4n) is 2.78. The average molecular weight is 286 g/mol. The van der Waals surface area contributed by atoms with Crippen molar-refractivity contribution >= 4 is 5.69 Å². The predicted octanol–water partition coefficient (Wildman–Crippen LogP) is 2.46. The summed E-state index contributed by atoms with van der Waals surface area (Å²) >= 11 is 0. The van der Waals surface area contributed by atoms with Crippen LogP contribution in [0.15, 0.2) is 36.8 Å². The zero-order valence-electron chi connectivity index (χ0n) is 11.7. The molecule has 1 aromatic heterocycles. The summed E-state index contributed by atoms with van der Waals surface area (Å²) in [6.07, 6.45) is 7.00. The van der Waals surface area contributed by atoms with Crippen LogP contribution in [-0.2, 0) is 13.0 Å². The van der Waals surface area contributed by atoms with E-state index in [0.717, 1.165) is 31.5 Å². The molecule has 1 unspecified atom stereocenters. The maximum absolute atomic E-state index is 10.6. The van der Waals surface area contributed by atoms with Gasteiger partial charge < -0.3 is 9.88 Å². The minimum absolute atomic E-state index is 0.136. The van der Waals surface area contributed by atoms with Gasteiger partial charge in [0, 0.05) is 30.9 Å². The largest absolute Gasteiger partial charge is 0.333 e. The van der Waals surface area contributed by atoms with Gasteiger partial charge in [0.15, 0.2) is 0 Å². The smallest absolute Gasteiger partial charge is 0.269 e. The normalized spacial score (nSPS) is 18.0. The van der Waals surface area contributed by atoms with Gasteiger partial charge in [0.2, 0.25) is 0 Å². The Hall–Kier alpha value is -2.21. The Bertz CT molecular complexity index is 615. The Kier molecular flexibility index (Phi) is 3.96. The van der Waals surface area contributed by atoms with E-state index in [2.05, 4.69) is 14.9 Å². The first-order valence-corrected chi connectivity index (χ1v) is 7.21. The Morgan fingerprint density at radius 3 is 2.86 bits per heavy atom. The molecule has 21 heavy (non-hydrogen) atoms. The molecule has 1 atom stereocenters. The van der Waals surface area contributed by atoms with Gasteiger partial charge in [-0.15, -0.1) is 0 Å². The molecule has 110 valence electrons. The molecule has 1 N–H and O–H groups in total. The summed E-state index contributed by atoms with van der Waals surface area (Å²) in [6.45, 7) is 1.91. The van der Waals surface area contributed by atoms with Crippen LogP contribution >= 0.6 is 0 Å². The Morgan fingerprint density at radius 1 is 1.38 bits per heavy atom. The van der Waals surface area contributed by atoms with Gasteiger partial charge in [-0.25, -0.2) is 4.98 Å². The topological polar surface area (TPSA) is 73.0 Å². The Balaban J connectivity index is 1.65. The lowest BCUT2D eigenvalue weighted by molar-refractivity contribution is -0.384. The second-order valence-corrected chi connectivity index (χ2v) is 5.33. The van der Waals surface area contributed by atoms with Crippen molar-refractivity contribution in [2.75, 3.05) is 6.54 Å². The highest BCUT2D eigenvalue weighted by Gasteiger charge is 2.19. The number of nitrogens with one attached hydrogen (secondary N) is 1. The van der Waals surface area contributed by atoms with Crippen LogP contribution in [0.1, 0.15) is 30.1 Å². The summed E-state index contributed by atoms with van der Waals surface area (Å²) in [7, 11) is 0. The third-order valence-corrected chi connectivity index (χ3v) is 3.95. The first-order chi connectivity index (χ1) is 10.2. The lowest BCUT2D eigenvalue weighted by Gasteiger charge is -2.13. The standard InChI is InChI=1S/C15H18N4O2/c20-19(21)13-5-3-12(4-6-13)7-9-18-11-16-10-15(18)14-2-1-8-17-14/h3-6,10-11,14,17H,1-2,7-9H2. The van der Waals surface area contributed by atoms with Gasteiger partial charge in [0.05, 0.1) is 16.9 Å². The van der Waals surface area contributed by atoms with E-state index in [1.165, 1.54) is 12.1 Å². The quantitative estimate of drug-likeness (QED) is 0.677. The molecule has 1 fully saturated rings. The molecule has 6 nitrogen and oxygen atoms in total. The molecule has 1 aliphatic heterocycles. The van der Waals surface area contributed by atoms with Crippen molar-refractivity contribution in [3.05, 3.63) is 58.2 Å². The highest BCUT2D eigenvalue weighted by Crippen LogP contribution is 2.23. The maximum atomic E-state index is 10.6. The number of imidazole rings is 1. The van der Waals surface area contributed by atoms with Gasteiger partial charge in [-0.05, 0) is 31.4 Å². The van der Waals surface area contributed by atoms with Crippen LogP contribution in [0.2, 0.25) is 0 Å². The highest BCUT2D eigenvalue weighted by molar-refractivity contribution is 5.32. The summed E-state index contributed by atoms with van der Waals surface area (Å²) in [5, 5.41) is 14.1. The number of nitro groups is 1. The molecule has 6 heteroatoms. The van der Waals surface area contributed by atoms with Crippen LogP contribution in [0, 0.1) is 10.1 Å². The van der Waals surface area contributed by atoms with E-state index in [1.54, 1.807) is 12.1 Å². The summed E-state index contributed by atoms with van der Waals surface area (Å²) in [5.74, 6) is 0. The monoisotopic (exact) mass is 286 g/mol. The van der Waals surface area contributed by atoms with Crippen molar-refractivity contribution in [2.45, 2.75) is 31.8 Å². The number of hydrogen-bond donors (Lipinski definition) is 1. The zero-order chi connectivity index (χ0) is 14.7. The van der Waals surface area contributed by atoms with Crippen molar-refractivity contribution in [1.82, 2.24) is 14.9 Å². The number of non-ortho nitro benzene ring substituents is 1. The number of benzene rings is 1. The Morgan fingerprint density at radius 2 is 2.19 bits per heavy atom. The minimum Gasteiger partial charge on any atom is -0.333 e. The third-order valence-electron chi connectivity index (χ3n) is 3.95. The third kappa shape index (κ3) is 3.11. The number of aromatic nitrogens is 2. The van der Waals surface area contributed by atoms with E-state index in [4.69, 9.17) is 0 Å². The number of nitrogens with zero attached hydrogens (tertiary/aromatic N) is 3. The zero-order valence-corrected chi connectivity index (χ0v) is 11.7. The molecular formula is C15H18N4O2. The van der Waals surface area contributed by atoms with E-state index in [-0.39, 0.29) is 10.6 Å². The van der Waals surface area contributed by atoms with Gasteiger partial charge in [0.1, 0.15) is 0 Å². The second-order valence-electron chi connectivity index (χ2n) is 5.33. The fraction of sp³-hybridized carbons (Fsp3) is 0.400. The van der Waals surface area contributed by atoms with Crippen molar-refractivity contribution in [3.8, 4) is 0 Å². The average Bonchev–Trinajstić information content (AvgIpc) is 3.16. The van der Waals surface area contributed by atoms with Crippen LogP contribution in [-0.4, -0.2) is 21.0 Å². The molecule has 3 rings (SSSR count). The van der Waals surface area contributed by atoms with Crippen LogP contribution in [0.3, 0.4) is 0 Å². The number of rotatable bonds is 5. The SMILES string of the molecule is O=[N+]([O-])c1ccc(CCn2cncc2C2CCCN2)cc1. The van der Waals surface area contributed by atoms with Gasteiger partial charge >= 0.3 is 0 Å². The van der Waals surface area contributed by atoms with Crippen molar-refractivity contribution in [2.24, 2.45) is 0 Å². The molecule has 0 spiro atoms. The van der Waals surface area contributed by atoms with Crippen molar-refractivity contribution in [3.63, 3.8) is 0 Å². The molecule has 0 saturated carbocycles. The first-order valence-electron chi connectivity index (χ1n) is 7.21. The van der Waals surface area contributed by atoms with Crippen molar-refractivity contribution < 1.29 is 4.92 Å². The van der Waals surface area contributed by atoms with E-state index < -0.39 is 0 Å². The van der Waals surface area contributed by atoms with Gasteiger partial charge in [0.25, 0.3) is 5.69 Å². The molecule has 2 aromatic rings. The van der Waals surface area contributed by atoms with E-state index in [9.17, 15) is 10.1 Å². The van der Waals surface area contributed by atoms with Crippen LogP contribution in [0.25, 0.3) is 0 Å². The molecule has 2 heterocycles. The van der Waals surface area contributed by atoms with E-state index >= 15 is 0 Å². The first kappa shape index (κ1) is 13.8. The number of nitro benzene ring substituents is 1. The fourth-order valence-corrected chi connectivity index (χ4v) is 2.78. The van der Waals surface area contributed by atoms with Crippen LogP contribution in [0.4, 0.5) is 5.69 Å². The lowest BCUT2D eigenvalue weighted by atomic mass is 10.1. The molecule has 1 saturated heterocycles. The Labute approximate surface area is 123 Å². The summed E-state index contributed by atoms with van der Waals surface area (Å²) in [4.78, 5) is 14.5. The molecule has 0 aliphatic carbocycles. The summed E-state index contributed by atoms with van der Waals surface area (Å²) < 4.78 is 2.17. The number of hydrogen-bond acceptors (Lipinski definition) is 4. The molecule has 0 radical (unpaired) electrons. The van der Waals surface area contributed by atoms with Gasteiger partial charge in [-0.2, -0.15) is 0 Å². The number of aryl methyl sites for hydroxylation is 2. The summed E-state index contributed by atoms with van der Waals surface area (Å²) in [6, 6.07) is 7.17. The molecule has 0 amide bonds. The predicted molar refractivity (Wildman–Crippen MR) is 79.0 cm³/mol. The maximum Gasteiger partial charge on any atom is 0.269 e. The van der Waals surface area contributed by atoms with Crippen molar-refractivity contribution in [1.29, 1.82) is 0 Å². The molecular weight excluding hydrogens is 268 g/mol. The highest BCUT2D eigenvalue weighted by atomic mass is 16.6. The van der Waals surface area contributed by atoms with E-state index in [0.29, 0.717) is 6.04 Å². The lowest BCUT2D eigenvalue weighted by Crippen LogP contribution is -2.17. The molecule has 1 aromatic carbocycles. The molecule has 1 aliphatic rings. The van der Waals surface area contributed by atoms with E-state index in [1.807, 2.05) is 24.7 Å². The minimum atomic E-state index is -0.372. The van der Waals surface area contributed by atoms with Gasteiger partial charge in [-0.3, -0.25) is 10.1 Å². The summed E-state index contributed by atoms with van der Waals surface area (Å²) in [5.41, 5.74) is 2.46.